The van der Waals surface area contributed by atoms with Crippen LogP contribution in [0.4, 0.5) is 0 Å². The van der Waals surface area contributed by atoms with Crippen molar-refractivity contribution in [1.82, 2.24) is 0 Å². The summed E-state index contributed by atoms with van der Waals surface area (Å²) in [6.07, 6.45) is 1.96. The van der Waals surface area contributed by atoms with Crippen molar-refractivity contribution >= 4 is 33.5 Å². The van der Waals surface area contributed by atoms with Crippen LogP contribution in [-0.4, -0.2) is 22.0 Å². The minimum Gasteiger partial charge on any atom is -0.392 e. The van der Waals surface area contributed by atoms with Crippen molar-refractivity contribution in [2.45, 2.75) is 23.3 Å². The molecule has 0 aliphatic heterocycles. The van der Waals surface area contributed by atoms with Gasteiger partial charge in [0.25, 0.3) is 0 Å². The molecule has 0 radical (unpaired) electrons. The maximum absolute atomic E-state index is 11.8. The number of rotatable bonds is 4. The summed E-state index contributed by atoms with van der Waals surface area (Å²) >= 11 is 4.83. The number of hydrogen-bond donors (Lipinski definition) is 1. The van der Waals surface area contributed by atoms with E-state index in [0.29, 0.717) is 11.1 Å². The van der Waals surface area contributed by atoms with Crippen LogP contribution in [0.5, 0.6) is 0 Å². The molecule has 0 aliphatic rings. The zero-order chi connectivity index (χ0) is 11.4. The highest BCUT2D eigenvalue weighted by atomic mass is 79.9. The van der Waals surface area contributed by atoms with E-state index in [2.05, 4.69) is 15.9 Å². The third-order valence-electron chi connectivity index (χ3n) is 2.11. The SMILES string of the molecule is CSc1ccc(CO)c(C(=O)C(C)Br)c1. The molecule has 0 bridgehead atoms. The number of Topliss-reactive ketones (excluding diaryl/α,β-unsaturated/α-hetero) is 1. The molecular weight excluding hydrogens is 276 g/mol. The van der Waals surface area contributed by atoms with E-state index in [0.717, 1.165) is 4.90 Å². The number of hydrogen-bond acceptors (Lipinski definition) is 3. The highest BCUT2D eigenvalue weighted by Crippen LogP contribution is 2.22. The van der Waals surface area contributed by atoms with Gasteiger partial charge in [0.15, 0.2) is 5.78 Å². The summed E-state index contributed by atoms with van der Waals surface area (Å²) in [6, 6.07) is 5.54. The Morgan fingerprint density at radius 1 is 1.60 bits per heavy atom. The third-order valence-corrected chi connectivity index (χ3v) is 3.26. The van der Waals surface area contributed by atoms with Crippen molar-refractivity contribution in [3.05, 3.63) is 29.3 Å². The minimum atomic E-state index is -0.222. The molecule has 0 spiro atoms. The molecule has 0 heterocycles. The first kappa shape index (κ1) is 12.7. The number of aliphatic hydroxyl groups is 1. The summed E-state index contributed by atoms with van der Waals surface area (Å²) in [5.74, 6) is 0.00921. The van der Waals surface area contributed by atoms with Gasteiger partial charge < -0.3 is 5.11 Å². The van der Waals surface area contributed by atoms with E-state index in [1.165, 1.54) is 0 Å². The Balaban J connectivity index is 3.17. The first-order valence-electron chi connectivity index (χ1n) is 4.56. The number of aliphatic hydroxyl groups excluding tert-OH is 1. The lowest BCUT2D eigenvalue weighted by Crippen LogP contribution is -2.12. The van der Waals surface area contributed by atoms with Gasteiger partial charge in [-0.15, -0.1) is 11.8 Å². The molecule has 15 heavy (non-hydrogen) atoms. The number of benzene rings is 1. The second-order valence-corrected chi connectivity index (χ2v) is 5.41. The molecule has 0 aliphatic carbocycles. The Bertz CT molecular complexity index is 364. The molecule has 1 atom stereocenters. The molecule has 0 amide bonds. The molecule has 1 aromatic rings. The van der Waals surface area contributed by atoms with E-state index in [1.54, 1.807) is 24.8 Å². The summed E-state index contributed by atoms with van der Waals surface area (Å²) in [4.78, 5) is 12.6. The number of ketones is 1. The lowest BCUT2D eigenvalue weighted by molar-refractivity contribution is 0.0992. The fourth-order valence-corrected chi connectivity index (χ4v) is 1.95. The molecule has 4 heteroatoms. The summed E-state index contributed by atoms with van der Waals surface area (Å²) < 4.78 is 0. The van der Waals surface area contributed by atoms with Crippen LogP contribution in [0.25, 0.3) is 0 Å². The van der Waals surface area contributed by atoms with E-state index >= 15 is 0 Å². The van der Waals surface area contributed by atoms with Crippen LogP contribution in [0, 0.1) is 0 Å². The van der Waals surface area contributed by atoms with Crippen LogP contribution in [-0.2, 0) is 6.61 Å². The van der Waals surface area contributed by atoms with Gasteiger partial charge in [0.2, 0.25) is 0 Å². The zero-order valence-electron chi connectivity index (χ0n) is 8.66. The summed E-state index contributed by atoms with van der Waals surface area (Å²) in [5, 5.41) is 9.14. The average Bonchev–Trinajstić information content (AvgIpc) is 2.27. The van der Waals surface area contributed by atoms with Gasteiger partial charge in [-0.2, -0.15) is 0 Å². The van der Waals surface area contributed by atoms with Crippen LogP contribution in [0.3, 0.4) is 0 Å². The van der Waals surface area contributed by atoms with Crippen LogP contribution < -0.4 is 0 Å². The average molecular weight is 289 g/mol. The normalized spacial score (nSPS) is 12.5. The Labute approximate surface area is 102 Å². The van der Waals surface area contributed by atoms with E-state index < -0.39 is 0 Å². The standard InChI is InChI=1S/C11H13BrO2S/c1-7(12)11(14)10-5-9(15-2)4-3-8(10)6-13/h3-5,7,13H,6H2,1-2H3. The Kier molecular flexibility index (Phi) is 4.83. The van der Waals surface area contributed by atoms with Crippen LogP contribution in [0.1, 0.15) is 22.8 Å². The maximum Gasteiger partial charge on any atom is 0.176 e. The van der Waals surface area contributed by atoms with Crippen molar-refractivity contribution in [3.63, 3.8) is 0 Å². The molecule has 0 saturated heterocycles. The molecule has 1 rings (SSSR count). The number of carbonyl (C=O) groups excluding carboxylic acids is 1. The van der Waals surface area contributed by atoms with Crippen molar-refractivity contribution in [2.24, 2.45) is 0 Å². The van der Waals surface area contributed by atoms with Crippen molar-refractivity contribution in [1.29, 1.82) is 0 Å². The van der Waals surface area contributed by atoms with E-state index in [4.69, 9.17) is 5.11 Å². The Morgan fingerprint density at radius 2 is 2.27 bits per heavy atom. The van der Waals surface area contributed by atoms with Gasteiger partial charge in [-0.3, -0.25) is 4.79 Å². The molecule has 1 N–H and O–H groups in total. The maximum atomic E-state index is 11.8. The van der Waals surface area contributed by atoms with Crippen LogP contribution in [0.15, 0.2) is 23.1 Å². The van der Waals surface area contributed by atoms with Gasteiger partial charge in [0.05, 0.1) is 11.4 Å². The first-order chi connectivity index (χ1) is 7.10. The Morgan fingerprint density at radius 3 is 2.73 bits per heavy atom. The van der Waals surface area contributed by atoms with Crippen LogP contribution >= 0.6 is 27.7 Å². The van der Waals surface area contributed by atoms with Gasteiger partial charge in [-0.05, 0) is 30.9 Å². The number of carbonyl (C=O) groups is 1. The molecule has 1 unspecified atom stereocenters. The molecular formula is C11H13BrO2S. The first-order valence-corrected chi connectivity index (χ1v) is 6.70. The smallest absolute Gasteiger partial charge is 0.176 e. The van der Waals surface area contributed by atoms with Crippen molar-refractivity contribution in [2.75, 3.05) is 6.26 Å². The fourth-order valence-electron chi connectivity index (χ4n) is 1.26. The molecule has 82 valence electrons. The highest BCUT2D eigenvalue weighted by Gasteiger charge is 2.16. The van der Waals surface area contributed by atoms with Gasteiger partial charge in [-0.25, -0.2) is 0 Å². The second kappa shape index (κ2) is 5.68. The zero-order valence-corrected chi connectivity index (χ0v) is 11.1. The van der Waals surface area contributed by atoms with Crippen LogP contribution in [0.2, 0.25) is 0 Å². The van der Waals surface area contributed by atoms with Crippen molar-refractivity contribution < 1.29 is 9.90 Å². The number of halogens is 1. The Hall–Kier alpha value is -0.320. The summed E-state index contributed by atoms with van der Waals surface area (Å²) in [5.41, 5.74) is 1.29. The molecule has 2 nitrogen and oxygen atoms in total. The third kappa shape index (κ3) is 3.06. The van der Waals surface area contributed by atoms with Gasteiger partial charge in [-0.1, -0.05) is 22.0 Å². The van der Waals surface area contributed by atoms with Gasteiger partial charge in [0, 0.05) is 10.5 Å². The van der Waals surface area contributed by atoms with E-state index in [-0.39, 0.29) is 17.2 Å². The molecule has 0 saturated carbocycles. The lowest BCUT2D eigenvalue weighted by atomic mass is 10.0. The predicted octanol–water partition coefficient (Wildman–Crippen LogP) is 2.87. The highest BCUT2D eigenvalue weighted by molar-refractivity contribution is 9.10. The number of thioether (sulfide) groups is 1. The van der Waals surface area contributed by atoms with E-state index in [1.807, 2.05) is 18.4 Å². The monoisotopic (exact) mass is 288 g/mol. The fraction of sp³-hybridized carbons (Fsp3) is 0.364. The molecule has 0 aromatic heterocycles. The van der Waals surface area contributed by atoms with E-state index in [9.17, 15) is 4.79 Å². The largest absolute Gasteiger partial charge is 0.392 e. The quantitative estimate of drug-likeness (QED) is 0.526. The topological polar surface area (TPSA) is 37.3 Å². The predicted molar refractivity (Wildman–Crippen MR) is 66.9 cm³/mol. The minimum absolute atomic E-state index is 0.00921. The summed E-state index contributed by atoms with van der Waals surface area (Å²) in [6.45, 7) is 1.69. The number of alkyl halides is 1. The lowest BCUT2D eigenvalue weighted by Gasteiger charge is -2.09. The molecule has 1 aromatic carbocycles. The summed E-state index contributed by atoms with van der Waals surface area (Å²) in [7, 11) is 0. The molecule has 0 fully saturated rings. The van der Waals surface area contributed by atoms with Gasteiger partial charge in [0.1, 0.15) is 0 Å². The van der Waals surface area contributed by atoms with Crippen molar-refractivity contribution in [3.8, 4) is 0 Å². The van der Waals surface area contributed by atoms with Gasteiger partial charge >= 0.3 is 0 Å². The second-order valence-electron chi connectivity index (χ2n) is 3.16.